The molecular formula is C17H21N3O. The van der Waals surface area contributed by atoms with E-state index in [0.717, 1.165) is 41.3 Å². The van der Waals surface area contributed by atoms with Gasteiger partial charge >= 0.3 is 0 Å². The second-order valence-corrected chi connectivity index (χ2v) is 5.23. The smallest absolute Gasteiger partial charge is 0.121 e. The molecule has 2 N–H and O–H groups in total. The molecule has 0 fully saturated rings. The maximum absolute atomic E-state index is 6.29. The third-order valence-corrected chi connectivity index (χ3v) is 3.85. The zero-order valence-electron chi connectivity index (χ0n) is 12.5. The highest BCUT2D eigenvalue weighted by molar-refractivity contribution is 5.75. The second-order valence-electron chi connectivity index (χ2n) is 5.23. The molecule has 0 aliphatic carbocycles. The quantitative estimate of drug-likeness (QED) is 0.780. The number of para-hydroxylation sites is 2. The first-order valence-electron chi connectivity index (χ1n) is 7.51. The van der Waals surface area contributed by atoms with Crippen LogP contribution in [0.25, 0.3) is 11.0 Å². The lowest BCUT2D eigenvalue weighted by atomic mass is 10.1. The molecule has 0 bridgehead atoms. The molecule has 0 radical (unpaired) electrons. The number of rotatable bonds is 5. The predicted molar refractivity (Wildman–Crippen MR) is 84.1 cm³/mol. The SMILES string of the molecule is CCc1ccc(C(N)Cc2nc3ccccc3n2CC)o1. The number of aryl methyl sites for hydroxylation is 2. The maximum Gasteiger partial charge on any atom is 0.121 e. The Labute approximate surface area is 124 Å². The Morgan fingerprint density at radius 1 is 1.19 bits per heavy atom. The van der Waals surface area contributed by atoms with E-state index in [4.69, 9.17) is 15.1 Å². The second kappa shape index (κ2) is 5.74. The van der Waals surface area contributed by atoms with Crippen LogP contribution in [-0.4, -0.2) is 9.55 Å². The lowest BCUT2D eigenvalue weighted by molar-refractivity contribution is 0.429. The molecule has 4 nitrogen and oxygen atoms in total. The molecule has 0 saturated heterocycles. The molecule has 0 aliphatic rings. The van der Waals surface area contributed by atoms with Crippen molar-refractivity contribution in [3.05, 3.63) is 53.7 Å². The van der Waals surface area contributed by atoms with Gasteiger partial charge in [-0.1, -0.05) is 19.1 Å². The number of hydrogen-bond donors (Lipinski definition) is 1. The van der Waals surface area contributed by atoms with Crippen molar-refractivity contribution in [2.75, 3.05) is 0 Å². The molecule has 0 saturated carbocycles. The van der Waals surface area contributed by atoms with Crippen molar-refractivity contribution >= 4 is 11.0 Å². The summed E-state index contributed by atoms with van der Waals surface area (Å²) in [5, 5.41) is 0. The maximum atomic E-state index is 6.29. The van der Waals surface area contributed by atoms with Gasteiger partial charge in [-0.2, -0.15) is 0 Å². The fourth-order valence-corrected chi connectivity index (χ4v) is 2.72. The fraction of sp³-hybridized carbons (Fsp3) is 0.353. The van der Waals surface area contributed by atoms with E-state index in [9.17, 15) is 0 Å². The summed E-state index contributed by atoms with van der Waals surface area (Å²) in [4.78, 5) is 4.72. The Hall–Kier alpha value is -2.07. The lowest BCUT2D eigenvalue weighted by Gasteiger charge is -2.10. The lowest BCUT2D eigenvalue weighted by Crippen LogP contribution is -2.15. The Morgan fingerprint density at radius 2 is 2.00 bits per heavy atom. The van der Waals surface area contributed by atoms with Gasteiger partial charge in [-0.3, -0.25) is 0 Å². The Bertz CT molecular complexity index is 741. The molecule has 1 aromatic carbocycles. The third-order valence-electron chi connectivity index (χ3n) is 3.85. The molecule has 1 atom stereocenters. The third kappa shape index (κ3) is 2.59. The van der Waals surface area contributed by atoms with Gasteiger partial charge in [0.25, 0.3) is 0 Å². The van der Waals surface area contributed by atoms with Gasteiger partial charge in [0.15, 0.2) is 0 Å². The van der Waals surface area contributed by atoms with E-state index in [1.54, 1.807) is 0 Å². The number of fused-ring (bicyclic) bond motifs is 1. The van der Waals surface area contributed by atoms with E-state index in [0.29, 0.717) is 6.42 Å². The van der Waals surface area contributed by atoms with Crippen molar-refractivity contribution in [3.63, 3.8) is 0 Å². The number of furan rings is 1. The van der Waals surface area contributed by atoms with Gasteiger partial charge in [-0.15, -0.1) is 0 Å². The van der Waals surface area contributed by atoms with Crippen LogP contribution >= 0.6 is 0 Å². The molecule has 0 spiro atoms. The van der Waals surface area contributed by atoms with E-state index in [1.165, 1.54) is 0 Å². The molecule has 4 heteroatoms. The van der Waals surface area contributed by atoms with E-state index in [-0.39, 0.29) is 6.04 Å². The predicted octanol–water partition coefficient (Wildman–Crippen LogP) is 3.45. The number of hydrogen-bond acceptors (Lipinski definition) is 3. The molecule has 21 heavy (non-hydrogen) atoms. The van der Waals surface area contributed by atoms with E-state index in [2.05, 4.69) is 24.5 Å². The van der Waals surface area contributed by atoms with E-state index < -0.39 is 0 Å². The van der Waals surface area contributed by atoms with Gasteiger partial charge in [-0.25, -0.2) is 4.98 Å². The first-order valence-corrected chi connectivity index (χ1v) is 7.51. The van der Waals surface area contributed by atoms with Crippen LogP contribution in [0.3, 0.4) is 0 Å². The molecule has 2 aromatic heterocycles. The average Bonchev–Trinajstić information content (AvgIpc) is 3.11. The molecule has 0 aliphatic heterocycles. The highest BCUT2D eigenvalue weighted by Gasteiger charge is 2.16. The largest absolute Gasteiger partial charge is 0.464 e. The summed E-state index contributed by atoms with van der Waals surface area (Å²) in [5.74, 6) is 2.83. The molecule has 3 aromatic rings. The first kappa shape index (κ1) is 13.9. The highest BCUT2D eigenvalue weighted by Crippen LogP contribution is 2.22. The summed E-state index contributed by atoms with van der Waals surface area (Å²) in [5.41, 5.74) is 8.48. The number of nitrogens with two attached hydrogens (primary N) is 1. The van der Waals surface area contributed by atoms with Crippen molar-refractivity contribution in [1.29, 1.82) is 0 Å². The standard InChI is InChI=1S/C17H21N3O/c1-3-12-9-10-16(21-12)13(18)11-17-19-14-7-5-6-8-15(14)20(17)4-2/h5-10,13H,3-4,11,18H2,1-2H3. The van der Waals surface area contributed by atoms with Gasteiger partial charge in [0, 0.05) is 19.4 Å². The minimum Gasteiger partial charge on any atom is -0.464 e. The van der Waals surface area contributed by atoms with Crippen molar-refractivity contribution in [3.8, 4) is 0 Å². The van der Waals surface area contributed by atoms with Gasteiger partial charge in [0.1, 0.15) is 17.3 Å². The number of benzene rings is 1. The molecule has 0 amide bonds. The number of aromatic nitrogens is 2. The monoisotopic (exact) mass is 283 g/mol. The number of nitrogens with zero attached hydrogens (tertiary/aromatic N) is 2. The Kier molecular flexibility index (Phi) is 3.80. The van der Waals surface area contributed by atoms with Crippen LogP contribution in [0, 0.1) is 0 Å². The highest BCUT2D eigenvalue weighted by atomic mass is 16.3. The minimum absolute atomic E-state index is 0.160. The van der Waals surface area contributed by atoms with E-state index in [1.807, 2.05) is 30.3 Å². The molecule has 1 unspecified atom stereocenters. The summed E-state index contributed by atoms with van der Waals surface area (Å²) in [7, 11) is 0. The van der Waals surface area contributed by atoms with E-state index >= 15 is 0 Å². The van der Waals surface area contributed by atoms with Crippen LogP contribution in [0.2, 0.25) is 0 Å². The van der Waals surface area contributed by atoms with Gasteiger partial charge in [0.05, 0.1) is 17.1 Å². The topological polar surface area (TPSA) is 57.0 Å². The van der Waals surface area contributed by atoms with Crippen LogP contribution in [-0.2, 0) is 19.4 Å². The Balaban J connectivity index is 1.90. The fourth-order valence-electron chi connectivity index (χ4n) is 2.72. The van der Waals surface area contributed by atoms with Crippen LogP contribution in [0.1, 0.15) is 37.2 Å². The van der Waals surface area contributed by atoms with Crippen LogP contribution in [0.15, 0.2) is 40.8 Å². The van der Waals surface area contributed by atoms with Crippen molar-refractivity contribution < 1.29 is 4.42 Å². The van der Waals surface area contributed by atoms with Gasteiger partial charge in [-0.05, 0) is 31.2 Å². The minimum atomic E-state index is -0.160. The first-order chi connectivity index (χ1) is 10.2. The van der Waals surface area contributed by atoms with Crippen molar-refractivity contribution in [2.24, 2.45) is 5.73 Å². The van der Waals surface area contributed by atoms with Crippen molar-refractivity contribution in [1.82, 2.24) is 9.55 Å². The molecule has 110 valence electrons. The summed E-state index contributed by atoms with van der Waals surface area (Å²) in [6.45, 7) is 5.09. The molecular weight excluding hydrogens is 262 g/mol. The van der Waals surface area contributed by atoms with Crippen LogP contribution < -0.4 is 5.73 Å². The molecule has 2 heterocycles. The number of imidazole rings is 1. The average molecular weight is 283 g/mol. The summed E-state index contributed by atoms with van der Waals surface area (Å²) in [6, 6.07) is 12.0. The Morgan fingerprint density at radius 3 is 2.71 bits per heavy atom. The zero-order valence-corrected chi connectivity index (χ0v) is 12.5. The zero-order chi connectivity index (χ0) is 14.8. The normalized spacial score (nSPS) is 12.9. The van der Waals surface area contributed by atoms with Gasteiger partial charge in [0.2, 0.25) is 0 Å². The van der Waals surface area contributed by atoms with Crippen molar-refractivity contribution in [2.45, 2.75) is 39.3 Å². The van der Waals surface area contributed by atoms with Crippen LogP contribution in [0.5, 0.6) is 0 Å². The summed E-state index contributed by atoms with van der Waals surface area (Å²) < 4.78 is 7.97. The summed E-state index contributed by atoms with van der Waals surface area (Å²) in [6.07, 6.45) is 1.57. The summed E-state index contributed by atoms with van der Waals surface area (Å²) >= 11 is 0. The van der Waals surface area contributed by atoms with Gasteiger partial charge < -0.3 is 14.7 Å². The van der Waals surface area contributed by atoms with Crippen LogP contribution in [0.4, 0.5) is 0 Å². The molecule has 3 rings (SSSR count).